The number of hydrogen-bond acceptors (Lipinski definition) is 2. The molecule has 2 aromatic rings. The van der Waals surface area contributed by atoms with Crippen LogP contribution in [0.1, 0.15) is 38.1 Å². The number of amides is 1. The number of pyridine rings is 1. The van der Waals surface area contributed by atoms with Gasteiger partial charge in [-0.25, -0.2) is 0 Å². The summed E-state index contributed by atoms with van der Waals surface area (Å²) in [5.74, 6) is 1.10. The molecular formula is C16H23N3O. The first kappa shape index (κ1) is 14.4. The molecule has 0 saturated carbocycles. The lowest BCUT2D eigenvalue weighted by molar-refractivity contribution is 0.0942. The van der Waals surface area contributed by atoms with Crippen LogP contribution in [0.5, 0.6) is 0 Å². The van der Waals surface area contributed by atoms with Crippen molar-refractivity contribution in [3.05, 3.63) is 36.0 Å². The maximum Gasteiger partial charge on any atom is 0.252 e. The van der Waals surface area contributed by atoms with Gasteiger partial charge in [-0.2, -0.15) is 0 Å². The number of carbonyl (C=O) groups is 1. The Balaban J connectivity index is 2.41. The monoisotopic (exact) mass is 273 g/mol. The molecule has 1 N–H and O–H groups in total. The Morgan fingerprint density at radius 2 is 1.85 bits per heavy atom. The smallest absolute Gasteiger partial charge is 0.252 e. The van der Waals surface area contributed by atoms with Crippen molar-refractivity contribution in [1.82, 2.24) is 9.72 Å². The molecule has 0 fully saturated rings. The van der Waals surface area contributed by atoms with Gasteiger partial charge >= 0.3 is 0 Å². The second kappa shape index (κ2) is 5.99. The van der Waals surface area contributed by atoms with Crippen molar-refractivity contribution < 1.29 is 4.79 Å². The summed E-state index contributed by atoms with van der Waals surface area (Å²) in [5, 5.41) is 2.93. The molecule has 20 heavy (non-hydrogen) atoms. The zero-order chi connectivity index (χ0) is 14.7. The Kier molecular flexibility index (Phi) is 4.32. The van der Waals surface area contributed by atoms with Gasteiger partial charge in [0.1, 0.15) is 5.82 Å². The van der Waals surface area contributed by atoms with Crippen molar-refractivity contribution in [3.8, 4) is 0 Å². The van der Waals surface area contributed by atoms with Gasteiger partial charge in [0.25, 0.3) is 5.91 Å². The van der Waals surface area contributed by atoms with Gasteiger partial charge in [0, 0.05) is 30.8 Å². The normalized spacial score (nSPS) is 11.1. The van der Waals surface area contributed by atoms with Gasteiger partial charge in [0.2, 0.25) is 0 Å². The fourth-order valence-electron chi connectivity index (χ4n) is 2.37. The van der Waals surface area contributed by atoms with Crippen LogP contribution in [0.15, 0.2) is 30.5 Å². The molecular weight excluding hydrogens is 250 g/mol. The largest absolute Gasteiger partial charge is 0.358 e. The van der Waals surface area contributed by atoms with Crippen LogP contribution < -0.4 is 10.2 Å². The van der Waals surface area contributed by atoms with Crippen LogP contribution >= 0.6 is 0 Å². The average Bonchev–Trinajstić information content (AvgIpc) is 2.83. The van der Waals surface area contributed by atoms with Gasteiger partial charge in [-0.1, -0.05) is 0 Å². The number of aromatic nitrogens is 1. The van der Waals surface area contributed by atoms with Crippen LogP contribution in [0.2, 0.25) is 0 Å². The fourth-order valence-corrected chi connectivity index (χ4v) is 2.37. The summed E-state index contributed by atoms with van der Waals surface area (Å²) in [5.41, 5.74) is 1.80. The number of hydrogen-bond donors (Lipinski definition) is 1. The number of nitrogens with zero attached hydrogens (tertiary/aromatic N) is 2. The number of nitrogens with one attached hydrogen (secondary N) is 1. The first-order valence-electron chi connectivity index (χ1n) is 7.23. The molecule has 0 aliphatic carbocycles. The topological polar surface area (TPSA) is 36.8 Å². The molecule has 0 spiro atoms. The molecule has 0 aliphatic rings. The highest BCUT2D eigenvalue weighted by Gasteiger charge is 2.11. The highest BCUT2D eigenvalue weighted by Crippen LogP contribution is 2.20. The predicted molar refractivity (Wildman–Crippen MR) is 83.6 cm³/mol. The Morgan fingerprint density at radius 1 is 1.20 bits per heavy atom. The molecule has 1 amide bonds. The molecule has 0 radical (unpaired) electrons. The summed E-state index contributed by atoms with van der Waals surface area (Å²) in [4.78, 5) is 14.4. The quantitative estimate of drug-likeness (QED) is 0.909. The highest BCUT2D eigenvalue weighted by atomic mass is 16.1. The maximum absolute atomic E-state index is 12.1. The summed E-state index contributed by atoms with van der Waals surface area (Å²) < 4.78 is 2.09. The maximum atomic E-state index is 12.1. The number of anilines is 1. The lowest BCUT2D eigenvalue weighted by atomic mass is 10.2. The summed E-state index contributed by atoms with van der Waals surface area (Å²) in [6.45, 7) is 10.1. The molecule has 0 atom stereocenters. The van der Waals surface area contributed by atoms with Gasteiger partial charge in [0.15, 0.2) is 0 Å². The van der Waals surface area contributed by atoms with Crippen molar-refractivity contribution in [1.29, 1.82) is 0 Å². The number of rotatable bonds is 5. The van der Waals surface area contributed by atoms with Gasteiger partial charge in [0.05, 0.1) is 5.56 Å². The first-order chi connectivity index (χ1) is 9.56. The molecule has 4 heteroatoms. The summed E-state index contributed by atoms with van der Waals surface area (Å²) in [6, 6.07) is 8.19. The predicted octanol–water partition coefficient (Wildman–Crippen LogP) is 2.92. The average molecular weight is 273 g/mol. The van der Waals surface area contributed by atoms with Gasteiger partial charge in [-0.3, -0.25) is 4.79 Å². The van der Waals surface area contributed by atoms with E-state index in [0.29, 0.717) is 5.56 Å². The third kappa shape index (κ3) is 2.79. The molecule has 108 valence electrons. The Bertz CT molecular complexity index is 597. The van der Waals surface area contributed by atoms with E-state index in [-0.39, 0.29) is 11.9 Å². The molecule has 2 heterocycles. The van der Waals surface area contributed by atoms with Crippen molar-refractivity contribution in [2.75, 3.05) is 18.0 Å². The minimum absolute atomic E-state index is 0.0268. The van der Waals surface area contributed by atoms with Crippen molar-refractivity contribution in [2.45, 2.75) is 33.7 Å². The molecule has 0 aromatic carbocycles. The molecule has 4 nitrogen and oxygen atoms in total. The second-order valence-electron chi connectivity index (χ2n) is 5.20. The Morgan fingerprint density at radius 3 is 2.45 bits per heavy atom. The van der Waals surface area contributed by atoms with Crippen molar-refractivity contribution >= 4 is 17.2 Å². The van der Waals surface area contributed by atoms with Crippen LogP contribution in [-0.2, 0) is 0 Å². The fraction of sp³-hybridized carbons (Fsp3) is 0.438. The summed E-state index contributed by atoms with van der Waals surface area (Å²) in [7, 11) is 0. The zero-order valence-corrected chi connectivity index (χ0v) is 12.7. The van der Waals surface area contributed by atoms with E-state index in [1.807, 2.05) is 32.2 Å². The summed E-state index contributed by atoms with van der Waals surface area (Å²) in [6.07, 6.45) is 1.92. The van der Waals surface area contributed by atoms with Crippen LogP contribution in [0.3, 0.4) is 0 Å². The molecule has 0 bridgehead atoms. The van der Waals surface area contributed by atoms with Crippen LogP contribution in [0.25, 0.3) is 5.52 Å². The molecule has 2 aromatic heterocycles. The third-order valence-corrected chi connectivity index (χ3v) is 3.40. The van der Waals surface area contributed by atoms with E-state index in [1.54, 1.807) is 0 Å². The van der Waals surface area contributed by atoms with E-state index in [1.165, 1.54) is 0 Å². The first-order valence-corrected chi connectivity index (χ1v) is 7.23. The number of carbonyl (C=O) groups excluding carboxylic acids is 1. The highest BCUT2D eigenvalue weighted by molar-refractivity contribution is 5.94. The van der Waals surface area contributed by atoms with Crippen molar-refractivity contribution in [2.24, 2.45) is 0 Å². The summed E-state index contributed by atoms with van der Waals surface area (Å²) >= 11 is 0. The van der Waals surface area contributed by atoms with Gasteiger partial charge in [-0.05, 0) is 52.0 Å². The second-order valence-corrected chi connectivity index (χ2v) is 5.20. The van der Waals surface area contributed by atoms with E-state index in [2.05, 4.69) is 40.6 Å². The lowest BCUT2D eigenvalue weighted by Crippen LogP contribution is -2.30. The zero-order valence-electron chi connectivity index (χ0n) is 12.7. The Labute approximate surface area is 120 Å². The van der Waals surface area contributed by atoms with Crippen molar-refractivity contribution in [3.63, 3.8) is 0 Å². The standard InChI is InChI=1S/C16H23N3O/c1-5-18(6-2)15-10-9-14-8-7-13(11-19(14)15)16(20)17-12(3)4/h7-12H,5-6H2,1-4H3,(H,17,20). The lowest BCUT2D eigenvalue weighted by Gasteiger charge is -2.21. The van der Waals surface area contributed by atoms with Crippen LogP contribution in [0.4, 0.5) is 5.82 Å². The SMILES string of the molecule is CCN(CC)c1ccc2ccc(C(=O)NC(C)C)cn12. The van der Waals surface area contributed by atoms with E-state index in [0.717, 1.165) is 24.4 Å². The minimum Gasteiger partial charge on any atom is -0.358 e. The van der Waals surface area contributed by atoms with Crippen LogP contribution in [0, 0.1) is 0 Å². The van der Waals surface area contributed by atoms with Gasteiger partial charge in [-0.15, -0.1) is 0 Å². The molecule has 0 aliphatic heterocycles. The molecule has 0 saturated heterocycles. The van der Waals surface area contributed by atoms with E-state index in [9.17, 15) is 4.79 Å². The van der Waals surface area contributed by atoms with E-state index >= 15 is 0 Å². The van der Waals surface area contributed by atoms with Crippen LogP contribution in [-0.4, -0.2) is 29.4 Å². The number of fused-ring (bicyclic) bond motifs is 1. The minimum atomic E-state index is -0.0268. The Hall–Kier alpha value is -1.97. The van der Waals surface area contributed by atoms with Gasteiger partial charge < -0.3 is 14.6 Å². The molecule has 2 rings (SSSR count). The van der Waals surface area contributed by atoms with E-state index < -0.39 is 0 Å². The third-order valence-electron chi connectivity index (χ3n) is 3.40. The molecule has 0 unspecified atom stereocenters. The van der Waals surface area contributed by atoms with E-state index in [4.69, 9.17) is 0 Å².